The molecule has 0 aliphatic rings. The molecule has 0 aromatic heterocycles. The lowest BCUT2D eigenvalue weighted by atomic mass is 9.98. The van der Waals surface area contributed by atoms with Crippen molar-refractivity contribution in [3.8, 4) is 0 Å². The van der Waals surface area contributed by atoms with Gasteiger partial charge in [0.1, 0.15) is 6.10 Å². The second kappa shape index (κ2) is 10.2. The highest BCUT2D eigenvalue weighted by Crippen LogP contribution is 2.27. The minimum Gasteiger partial charge on any atom is -0.293 e. The van der Waals surface area contributed by atoms with Gasteiger partial charge >= 0.3 is 0 Å². The van der Waals surface area contributed by atoms with Gasteiger partial charge in [-0.3, -0.25) is 4.84 Å². The van der Waals surface area contributed by atoms with Crippen LogP contribution in [0.1, 0.15) is 69.2 Å². The van der Waals surface area contributed by atoms with Crippen LogP contribution < -0.4 is 5.48 Å². The van der Waals surface area contributed by atoms with E-state index in [1.54, 1.807) is 0 Å². The summed E-state index contributed by atoms with van der Waals surface area (Å²) in [5, 5.41) is 2.57. The maximum atomic E-state index is 6.24. The molecule has 1 N–H and O–H groups in total. The monoisotopic (exact) mass is 361 g/mol. The van der Waals surface area contributed by atoms with Crippen LogP contribution in [0.15, 0.2) is 72.8 Å². The molecule has 0 spiro atoms. The van der Waals surface area contributed by atoms with Crippen LogP contribution >= 0.6 is 0 Å². The Morgan fingerprint density at radius 3 is 2.22 bits per heavy atom. The molecule has 0 aliphatic heterocycles. The summed E-state index contributed by atoms with van der Waals surface area (Å²) >= 11 is 0. The molecule has 0 fully saturated rings. The predicted octanol–water partition coefficient (Wildman–Crippen LogP) is 7.13. The quantitative estimate of drug-likeness (QED) is 0.388. The summed E-state index contributed by atoms with van der Waals surface area (Å²) in [6.45, 7) is 4.44. The fourth-order valence-electron chi connectivity index (χ4n) is 3.51. The minimum atomic E-state index is 0.0841. The zero-order chi connectivity index (χ0) is 18.9. The van der Waals surface area contributed by atoms with E-state index in [0.717, 1.165) is 19.3 Å². The lowest BCUT2D eigenvalue weighted by Crippen LogP contribution is -2.24. The summed E-state index contributed by atoms with van der Waals surface area (Å²) in [6, 6.07) is 26.0. The summed E-state index contributed by atoms with van der Waals surface area (Å²) in [6.07, 6.45) is 5.62. The Morgan fingerprint density at radius 2 is 1.48 bits per heavy atom. The third-order valence-corrected chi connectivity index (χ3v) is 5.10. The zero-order valence-electron chi connectivity index (χ0n) is 16.5. The van der Waals surface area contributed by atoms with E-state index in [9.17, 15) is 0 Å². The van der Waals surface area contributed by atoms with Gasteiger partial charge in [0.25, 0.3) is 0 Å². The van der Waals surface area contributed by atoms with Crippen molar-refractivity contribution in [2.24, 2.45) is 0 Å². The number of hydrogen-bond acceptors (Lipinski definition) is 2. The summed E-state index contributed by atoms with van der Waals surface area (Å²) in [5.74, 6) is 0. The van der Waals surface area contributed by atoms with Crippen LogP contribution in [0.25, 0.3) is 10.8 Å². The highest BCUT2D eigenvalue weighted by atomic mass is 16.7. The van der Waals surface area contributed by atoms with Crippen LogP contribution in [0, 0.1) is 0 Å². The number of rotatable bonds is 10. The first-order valence-corrected chi connectivity index (χ1v) is 10.3. The van der Waals surface area contributed by atoms with Gasteiger partial charge < -0.3 is 0 Å². The Morgan fingerprint density at radius 1 is 0.741 bits per heavy atom. The van der Waals surface area contributed by atoms with E-state index in [1.165, 1.54) is 34.7 Å². The lowest BCUT2D eigenvalue weighted by molar-refractivity contribution is -0.0524. The Kier molecular flexibility index (Phi) is 7.44. The maximum absolute atomic E-state index is 6.24. The van der Waals surface area contributed by atoms with E-state index in [2.05, 4.69) is 92.1 Å². The lowest BCUT2D eigenvalue weighted by Gasteiger charge is -2.24. The van der Waals surface area contributed by atoms with Crippen molar-refractivity contribution >= 4 is 10.8 Å². The molecule has 0 saturated carbocycles. The average molecular weight is 362 g/mol. The molecule has 3 aromatic rings. The molecule has 0 bridgehead atoms. The smallest absolute Gasteiger partial charge is 0.104 e. The highest BCUT2D eigenvalue weighted by Gasteiger charge is 2.16. The van der Waals surface area contributed by atoms with Crippen molar-refractivity contribution in [1.82, 2.24) is 5.48 Å². The average Bonchev–Trinajstić information content (AvgIpc) is 2.73. The topological polar surface area (TPSA) is 21.3 Å². The summed E-state index contributed by atoms with van der Waals surface area (Å²) < 4.78 is 0. The minimum absolute atomic E-state index is 0.0841. The Balaban J connectivity index is 1.76. The number of fused-ring (bicyclic) bond motifs is 1. The number of unbranched alkanes of at least 4 members (excludes halogenated alkanes) is 1. The third kappa shape index (κ3) is 5.41. The number of hydrogen-bond donors (Lipinski definition) is 1. The molecule has 0 aliphatic carbocycles. The molecule has 2 nitrogen and oxygen atoms in total. The van der Waals surface area contributed by atoms with Gasteiger partial charge in [-0.1, -0.05) is 99.8 Å². The van der Waals surface area contributed by atoms with Gasteiger partial charge in [-0.15, -0.1) is 0 Å². The van der Waals surface area contributed by atoms with Gasteiger partial charge in [0, 0.05) is 0 Å². The van der Waals surface area contributed by atoms with Crippen molar-refractivity contribution in [3.63, 3.8) is 0 Å². The van der Waals surface area contributed by atoms with Gasteiger partial charge in [0.05, 0.1) is 6.04 Å². The summed E-state index contributed by atoms with van der Waals surface area (Å²) in [7, 11) is 0. The van der Waals surface area contributed by atoms with Crippen LogP contribution in [0.3, 0.4) is 0 Å². The van der Waals surface area contributed by atoms with Gasteiger partial charge in [0.15, 0.2) is 0 Å². The molecule has 1 unspecified atom stereocenters. The first kappa shape index (κ1) is 19.6. The molecule has 0 saturated heterocycles. The standard InChI is InChI=1S/C25H31NO/c1-3-5-16-24(23-18-17-20-12-9-10-15-22(20)19-23)26-27-25(11-4-2)21-13-7-6-8-14-21/h6-10,12-15,17-19,24-26H,3-5,11,16H2,1-2H3/t24?,25-/m0/s1. The fourth-order valence-corrected chi connectivity index (χ4v) is 3.51. The number of nitrogens with one attached hydrogen (secondary N) is 1. The predicted molar refractivity (Wildman–Crippen MR) is 115 cm³/mol. The maximum Gasteiger partial charge on any atom is 0.104 e. The van der Waals surface area contributed by atoms with Crippen molar-refractivity contribution in [1.29, 1.82) is 0 Å². The van der Waals surface area contributed by atoms with Crippen LogP contribution in [0.5, 0.6) is 0 Å². The van der Waals surface area contributed by atoms with Gasteiger partial charge in [-0.25, -0.2) is 0 Å². The van der Waals surface area contributed by atoms with E-state index in [1.807, 2.05) is 0 Å². The van der Waals surface area contributed by atoms with Crippen molar-refractivity contribution in [2.45, 2.75) is 58.1 Å². The molecule has 27 heavy (non-hydrogen) atoms. The van der Waals surface area contributed by atoms with E-state index in [-0.39, 0.29) is 12.1 Å². The Bertz CT molecular complexity index is 815. The molecular weight excluding hydrogens is 330 g/mol. The van der Waals surface area contributed by atoms with Crippen LogP contribution in [-0.2, 0) is 4.84 Å². The van der Waals surface area contributed by atoms with Crippen LogP contribution in [0.2, 0.25) is 0 Å². The second-order valence-electron chi connectivity index (χ2n) is 7.23. The largest absolute Gasteiger partial charge is 0.293 e. The zero-order valence-corrected chi connectivity index (χ0v) is 16.5. The van der Waals surface area contributed by atoms with Crippen LogP contribution in [0.4, 0.5) is 0 Å². The van der Waals surface area contributed by atoms with E-state index in [0.29, 0.717) is 0 Å². The molecule has 3 aromatic carbocycles. The van der Waals surface area contributed by atoms with Crippen molar-refractivity contribution in [2.75, 3.05) is 0 Å². The SMILES string of the molecule is CCCCC(NO[C@@H](CCC)c1ccccc1)c1ccc2ccccc2c1. The van der Waals surface area contributed by atoms with E-state index >= 15 is 0 Å². The fraction of sp³-hybridized carbons (Fsp3) is 0.360. The Hall–Kier alpha value is -2.16. The van der Waals surface area contributed by atoms with E-state index < -0.39 is 0 Å². The molecule has 0 radical (unpaired) electrons. The van der Waals surface area contributed by atoms with Gasteiger partial charge in [-0.05, 0) is 40.8 Å². The van der Waals surface area contributed by atoms with Crippen molar-refractivity contribution in [3.05, 3.63) is 83.9 Å². The first-order valence-electron chi connectivity index (χ1n) is 10.3. The third-order valence-electron chi connectivity index (χ3n) is 5.10. The van der Waals surface area contributed by atoms with Gasteiger partial charge in [0.2, 0.25) is 0 Å². The highest BCUT2D eigenvalue weighted by molar-refractivity contribution is 5.83. The molecule has 2 heteroatoms. The molecule has 142 valence electrons. The normalized spacial score (nSPS) is 13.6. The van der Waals surface area contributed by atoms with Crippen molar-refractivity contribution < 1.29 is 4.84 Å². The first-order chi connectivity index (χ1) is 13.3. The number of benzene rings is 3. The Labute approximate surface area is 163 Å². The van der Waals surface area contributed by atoms with E-state index in [4.69, 9.17) is 4.84 Å². The summed E-state index contributed by atoms with van der Waals surface area (Å²) in [4.78, 5) is 6.24. The number of hydroxylamine groups is 1. The second-order valence-corrected chi connectivity index (χ2v) is 7.23. The van der Waals surface area contributed by atoms with Gasteiger partial charge in [-0.2, -0.15) is 5.48 Å². The van der Waals surface area contributed by atoms with Crippen LogP contribution in [-0.4, -0.2) is 0 Å². The molecule has 2 atom stereocenters. The molecule has 3 rings (SSSR count). The molecule has 0 amide bonds. The summed E-state index contributed by atoms with van der Waals surface area (Å²) in [5.41, 5.74) is 5.95. The molecule has 0 heterocycles. The molecular formula is C25H31NO.